The van der Waals surface area contributed by atoms with Crippen LogP contribution in [0.2, 0.25) is 0 Å². The fraction of sp³-hybridized carbons (Fsp3) is 0.448. The van der Waals surface area contributed by atoms with Crippen LogP contribution >= 0.6 is 0 Å². The summed E-state index contributed by atoms with van der Waals surface area (Å²) in [7, 11) is 3.98. The number of carbonyl (C=O) groups is 2. The van der Waals surface area contributed by atoms with E-state index in [0.717, 1.165) is 73.7 Å². The molecule has 5 aromatic rings. The third-order valence-electron chi connectivity index (χ3n) is 13.4. The summed E-state index contributed by atoms with van der Waals surface area (Å²) in [6.45, 7) is 6.98. The van der Waals surface area contributed by atoms with Gasteiger partial charge in [-0.1, -0.05) is 166 Å². The molecule has 2 aliphatic rings. The number of ether oxygens (including phenoxy) is 4. The maximum Gasteiger partial charge on any atom is 0.245 e. The molecule has 7 rings (SSSR count). The van der Waals surface area contributed by atoms with Crippen LogP contribution in [0, 0.1) is 6.92 Å². The summed E-state index contributed by atoms with van der Waals surface area (Å²) in [5.41, 5.74) is 8.38. The van der Waals surface area contributed by atoms with Crippen LogP contribution in [0.3, 0.4) is 0 Å². The molecule has 5 aromatic carbocycles. The highest BCUT2D eigenvalue weighted by atomic mass is 16.6. The lowest BCUT2D eigenvalue weighted by Crippen LogP contribution is -2.60. The Labute approximate surface area is 400 Å². The first-order valence-electron chi connectivity index (χ1n) is 24.7. The van der Waals surface area contributed by atoms with Gasteiger partial charge in [-0.3, -0.25) is 9.59 Å². The molecular formula is C58H73N3O6. The number of nitrogens with zero attached hydrogens (tertiary/aromatic N) is 1. The van der Waals surface area contributed by atoms with Gasteiger partial charge < -0.3 is 34.5 Å². The molecule has 0 bridgehead atoms. The summed E-state index contributed by atoms with van der Waals surface area (Å²) in [5, 5.41) is 6.27. The fourth-order valence-electron chi connectivity index (χ4n) is 9.58. The van der Waals surface area contributed by atoms with Gasteiger partial charge in [0, 0.05) is 19.5 Å². The molecule has 0 aromatic heterocycles. The summed E-state index contributed by atoms with van der Waals surface area (Å²) >= 11 is 0. The zero-order chi connectivity index (χ0) is 46.9. The number of amides is 2. The van der Waals surface area contributed by atoms with Crippen LogP contribution < -0.4 is 10.6 Å². The average molecular weight is 908 g/mol. The molecule has 2 N–H and O–H groups in total. The molecule has 1 saturated carbocycles. The summed E-state index contributed by atoms with van der Waals surface area (Å²) in [6.07, 6.45) is 6.92. The van der Waals surface area contributed by atoms with E-state index in [2.05, 4.69) is 103 Å². The number of hydrogen-bond acceptors (Lipinski definition) is 7. The zero-order valence-electron chi connectivity index (χ0n) is 40.3. The van der Waals surface area contributed by atoms with Gasteiger partial charge in [0.1, 0.15) is 30.0 Å². The van der Waals surface area contributed by atoms with Gasteiger partial charge in [-0.2, -0.15) is 0 Å². The van der Waals surface area contributed by atoms with Gasteiger partial charge in [-0.25, -0.2) is 0 Å². The number of nitrogens with one attached hydrogen (secondary N) is 2. The van der Waals surface area contributed by atoms with Crippen molar-refractivity contribution in [2.45, 2.75) is 140 Å². The molecule has 2 fully saturated rings. The number of likely N-dealkylation sites (N-methyl/N-ethyl adjacent to an activating group) is 1. The second-order valence-corrected chi connectivity index (χ2v) is 19.0. The van der Waals surface area contributed by atoms with Crippen LogP contribution in [0.15, 0.2) is 133 Å². The molecule has 0 radical (unpaired) electrons. The van der Waals surface area contributed by atoms with E-state index in [1.54, 1.807) is 0 Å². The van der Waals surface area contributed by atoms with E-state index in [1.165, 1.54) is 22.3 Å². The van der Waals surface area contributed by atoms with Gasteiger partial charge in [-0.05, 0) is 104 Å². The molecule has 67 heavy (non-hydrogen) atoms. The molecule has 9 nitrogen and oxygen atoms in total. The smallest absolute Gasteiger partial charge is 0.245 e. The lowest BCUT2D eigenvalue weighted by atomic mass is 9.80. The van der Waals surface area contributed by atoms with Crippen molar-refractivity contribution in [1.29, 1.82) is 0 Å². The third-order valence-corrected chi connectivity index (χ3v) is 13.4. The summed E-state index contributed by atoms with van der Waals surface area (Å²) in [5.74, 6) is -0.0895. The maximum atomic E-state index is 13.3. The molecule has 1 saturated heterocycles. The molecule has 2 amide bonds. The third kappa shape index (κ3) is 14.4. The Morgan fingerprint density at radius 1 is 0.687 bits per heavy atom. The minimum Gasteiger partial charge on any atom is -0.368 e. The molecule has 356 valence electrons. The van der Waals surface area contributed by atoms with E-state index in [0.29, 0.717) is 52.0 Å². The second kappa shape index (κ2) is 25.3. The molecular weight excluding hydrogens is 835 g/mol. The van der Waals surface area contributed by atoms with Gasteiger partial charge in [0.2, 0.25) is 11.8 Å². The SMILES string of the molecule is CCC[C@H]1O[C@@H](c2ccc(C)c(Cc3ccc(CCCC(=O)NC4(C(=O)NCCN(C)C)CCCCC4)cc3)c2)[C@H](OCc2ccccc2)[C@@H](OCc2ccccc2)[C@@H]1OCc1ccccc1. The Morgan fingerprint density at radius 3 is 1.84 bits per heavy atom. The van der Waals surface area contributed by atoms with Crippen molar-refractivity contribution < 1.29 is 28.5 Å². The van der Waals surface area contributed by atoms with E-state index in [1.807, 2.05) is 73.6 Å². The lowest BCUT2D eigenvalue weighted by Gasteiger charge is -2.47. The Kier molecular flexibility index (Phi) is 18.8. The monoisotopic (exact) mass is 908 g/mol. The van der Waals surface area contributed by atoms with Crippen LogP contribution in [0.5, 0.6) is 0 Å². The molecule has 9 heteroatoms. The summed E-state index contributed by atoms with van der Waals surface area (Å²) in [4.78, 5) is 28.7. The van der Waals surface area contributed by atoms with E-state index in [-0.39, 0.29) is 24.0 Å². The molecule has 5 atom stereocenters. The Morgan fingerprint density at radius 2 is 1.25 bits per heavy atom. The lowest BCUT2D eigenvalue weighted by molar-refractivity contribution is -0.268. The number of rotatable bonds is 23. The highest BCUT2D eigenvalue weighted by Gasteiger charge is 2.48. The standard InChI is InChI=1S/C58H73N3O6/c1-5-19-51-54(64-40-46-20-10-6-11-21-46)56(66-42-48-24-14-8-15-25-48)55(65-41-47-22-12-7-13-23-47)53(67-51)49-33-28-43(2)50(39-49)38-45-31-29-44(30-32-45)26-18-27-52(62)60-58(34-16-9-17-35-58)57(63)59-36-37-61(3)4/h6-8,10-15,20-25,28-33,39,51,53-56H,5,9,16-19,26-27,34-38,40-42H2,1-4H3,(H,59,63)(H,60,62)/t51-,53+,54-,55+,56+/m1/s1. The van der Waals surface area contributed by atoms with Gasteiger partial charge in [0.05, 0.1) is 25.9 Å². The largest absolute Gasteiger partial charge is 0.368 e. The van der Waals surface area contributed by atoms with Crippen molar-refractivity contribution in [3.8, 4) is 0 Å². The Bertz CT molecular complexity index is 2250. The highest BCUT2D eigenvalue weighted by Crippen LogP contribution is 2.40. The molecule has 1 aliphatic carbocycles. The van der Waals surface area contributed by atoms with E-state index < -0.39 is 23.9 Å². The predicted octanol–water partition coefficient (Wildman–Crippen LogP) is 10.4. The van der Waals surface area contributed by atoms with Crippen LogP contribution in [0.25, 0.3) is 0 Å². The fourth-order valence-corrected chi connectivity index (χ4v) is 9.58. The van der Waals surface area contributed by atoms with E-state index in [4.69, 9.17) is 18.9 Å². The normalized spacial score (nSPS) is 20.3. The second-order valence-electron chi connectivity index (χ2n) is 19.0. The van der Waals surface area contributed by atoms with Crippen molar-refractivity contribution in [3.63, 3.8) is 0 Å². The van der Waals surface area contributed by atoms with Crippen LogP contribution in [-0.4, -0.2) is 73.9 Å². The summed E-state index contributed by atoms with van der Waals surface area (Å²) in [6, 6.07) is 46.4. The zero-order valence-corrected chi connectivity index (χ0v) is 40.3. The first-order valence-corrected chi connectivity index (χ1v) is 24.7. The van der Waals surface area contributed by atoms with Crippen molar-refractivity contribution in [1.82, 2.24) is 15.5 Å². The number of benzene rings is 5. The number of carbonyl (C=O) groups excluding carboxylic acids is 2. The maximum absolute atomic E-state index is 13.3. The van der Waals surface area contributed by atoms with Crippen LogP contribution in [0.4, 0.5) is 0 Å². The minimum absolute atomic E-state index is 0.0447. The van der Waals surface area contributed by atoms with Crippen LogP contribution in [0.1, 0.15) is 115 Å². The average Bonchev–Trinajstić information content (AvgIpc) is 3.34. The first-order chi connectivity index (χ1) is 32.7. The highest BCUT2D eigenvalue weighted by molar-refractivity contribution is 5.91. The van der Waals surface area contributed by atoms with Crippen molar-refractivity contribution in [2.75, 3.05) is 27.2 Å². The van der Waals surface area contributed by atoms with E-state index in [9.17, 15) is 9.59 Å². The predicted molar refractivity (Wildman–Crippen MR) is 266 cm³/mol. The molecule has 1 aliphatic heterocycles. The van der Waals surface area contributed by atoms with Gasteiger partial charge in [0.25, 0.3) is 0 Å². The van der Waals surface area contributed by atoms with Crippen molar-refractivity contribution >= 4 is 11.8 Å². The number of hydrogen-bond donors (Lipinski definition) is 2. The quantitative estimate of drug-likeness (QED) is 0.0674. The Hall–Kier alpha value is -5.16. The minimum atomic E-state index is -0.799. The van der Waals surface area contributed by atoms with Gasteiger partial charge in [0.15, 0.2) is 0 Å². The molecule has 0 spiro atoms. The number of aryl methyl sites for hydroxylation is 2. The van der Waals surface area contributed by atoms with Crippen molar-refractivity contribution in [3.05, 3.63) is 178 Å². The molecule has 1 heterocycles. The first kappa shape index (κ1) is 49.7. The van der Waals surface area contributed by atoms with Gasteiger partial charge >= 0.3 is 0 Å². The van der Waals surface area contributed by atoms with Crippen molar-refractivity contribution in [2.24, 2.45) is 0 Å². The van der Waals surface area contributed by atoms with Gasteiger partial charge in [-0.15, -0.1) is 0 Å². The molecule has 0 unspecified atom stereocenters. The van der Waals surface area contributed by atoms with Crippen LogP contribution in [-0.2, 0) is 61.2 Å². The Balaban J connectivity index is 1.06. The summed E-state index contributed by atoms with van der Waals surface area (Å²) < 4.78 is 28.1. The topological polar surface area (TPSA) is 98.4 Å². The van der Waals surface area contributed by atoms with E-state index >= 15 is 0 Å².